The topological polar surface area (TPSA) is 97.6 Å². The van der Waals surface area contributed by atoms with Crippen LogP contribution < -0.4 is 11.0 Å². The average molecular weight is 336 g/mol. The lowest BCUT2D eigenvalue weighted by Crippen LogP contribution is -2.24. The Hall–Kier alpha value is -2.03. The normalized spacial score (nSPS) is 15.7. The van der Waals surface area contributed by atoms with Crippen LogP contribution in [0.2, 0.25) is 0 Å². The Morgan fingerprint density at radius 3 is 2.70 bits per heavy atom. The molecular weight excluding hydrogens is 316 g/mol. The third kappa shape index (κ3) is 3.05. The van der Waals surface area contributed by atoms with Gasteiger partial charge in [-0.25, -0.2) is 9.89 Å². The Balaban J connectivity index is 1.72. The minimum Gasteiger partial charge on any atom is -0.322 e. The molecule has 2 N–H and O–H groups in total. The van der Waals surface area contributed by atoms with Gasteiger partial charge in [-0.1, -0.05) is 11.8 Å². The first-order chi connectivity index (χ1) is 10.9. The van der Waals surface area contributed by atoms with Gasteiger partial charge in [-0.3, -0.25) is 14.0 Å². The van der Waals surface area contributed by atoms with Crippen molar-refractivity contribution in [2.24, 2.45) is 7.05 Å². The molecule has 0 radical (unpaired) electrons. The van der Waals surface area contributed by atoms with E-state index in [2.05, 4.69) is 20.6 Å². The fourth-order valence-electron chi connectivity index (χ4n) is 2.42. The van der Waals surface area contributed by atoms with E-state index in [4.69, 9.17) is 0 Å². The van der Waals surface area contributed by atoms with Crippen LogP contribution in [0.25, 0.3) is 0 Å². The quantitative estimate of drug-likeness (QED) is 0.804. The molecule has 23 heavy (non-hydrogen) atoms. The molecule has 0 aromatic carbocycles. The molecule has 2 heterocycles. The van der Waals surface area contributed by atoms with Gasteiger partial charge in [-0.15, -0.1) is 5.10 Å². The van der Waals surface area contributed by atoms with Gasteiger partial charge in [0.15, 0.2) is 5.16 Å². The Labute approximate surface area is 137 Å². The van der Waals surface area contributed by atoms with Gasteiger partial charge >= 0.3 is 5.69 Å². The highest BCUT2D eigenvalue weighted by atomic mass is 32.2. The number of carbonyl (C=O) groups excluding carboxylic acids is 1. The largest absolute Gasteiger partial charge is 0.344 e. The van der Waals surface area contributed by atoms with Crippen molar-refractivity contribution in [2.45, 2.75) is 50.1 Å². The van der Waals surface area contributed by atoms with Gasteiger partial charge in [0.25, 0.3) is 0 Å². The SMILES string of the molecule is Cc1nn(C)c(C)c1NC(=O)[C@@H](C)Sc1n[nH]c(=O)n1C1CC1. The van der Waals surface area contributed by atoms with Crippen molar-refractivity contribution in [1.82, 2.24) is 24.5 Å². The molecule has 1 aliphatic carbocycles. The van der Waals surface area contributed by atoms with E-state index in [0.717, 1.165) is 29.9 Å². The fourth-order valence-corrected chi connectivity index (χ4v) is 3.35. The van der Waals surface area contributed by atoms with Crippen LogP contribution in [0.4, 0.5) is 5.69 Å². The van der Waals surface area contributed by atoms with Gasteiger partial charge in [0.05, 0.1) is 22.3 Å². The maximum atomic E-state index is 12.4. The molecule has 2 aromatic heterocycles. The van der Waals surface area contributed by atoms with E-state index in [1.165, 1.54) is 11.8 Å². The summed E-state index contributed by atoms with van der Waals surface area (Å²) in [7, 11) is 1.84. The number of nitrogens with one attached hydrogen (secondary N) is 2. The second kappa shape index (κ2) is 5.88. The molecule has 1 saturated carbocycles. The molecule has 8 nitrogen and oxygen atoms in total. The number of rotatable bonds is 5. The Morgan fingerprint density at radius 1 is 1.43 bits per heavy atom. The summed E-state index contributed by atoms with van der Waals surface area (Å²) >= 11 is 1.29. The molecule has 1 aliphatic rings. The van der Waals surface area contributed by atoms with E-state index >= 15 is 0 Å². The monoisotopic (exact) mass is 336 g/mol. The van der Waals surface area contributed by atoms with Gasteiger partial charge in [-0.05, 0) is 33.6 Å². The number of nitrogens with zero attached hydrogens (tertiary/aromatic N) is 4. The summed E-state index contributed by atoms with van der Waals surface area (Å²) in [6.07, 6.45) is 1.98. The Morgan fingerprint density at radius 2 is 2.13 bits per heavy atom. The lowest BCUT2D eigenvalue weighted by Gasteiger charge is -2.12. The molecule has 0 unspecified atom stereocenters. The average Bonchev–Trinajstić information content (AvgIpc) is 3.23. The van der Waals surface area contributed by atoms with Gasteiger partial charge < -0.3 is 5.32 Å². The van der Waals surface area contributed by atoms with Crippen molar-refractivity contribution in [3.63, 3.8) is 0 Å². The van der Waals surface area contributed by atoms with Crippen LogP contribution in [-0.4, -0.2) is 35.7 Å². The highest BCUT2D eigenvalue weighted by Crippen LogP contribution is 2.36. The number of aromatic nitrogens is 5. The third-order valence-corrected chi connectivity index (χ3v) is 5.06. The van der Waals surface area contributed by atoms with Crippen LogP contribution in [0.5, 0.6) is 0 Å². The van der Waals surface area contributed by atoms with E-state index in [-0.39, 0.29) is 22.9 Å². The number of carbonyl (C=O) groups is 1. The van der Waals surface area contributed by atoms with E-state index in [9.17, 15) is 9.59 Å². The van der Waals surface area contributed by atoms with Crippen LogP contribution in [0.1, 0.15) is 37.2 Å². The molecule has 0 aliphatic heterocycles. The van der Waals surface area contributed by atoms with Gasteiger partial charge in [0.1, 0.15) is 0 Å². The van der Waals surface area contributed by atoms with Crippen LogP contribution in [0.3, 0.4) is 0 Å². The van der Waals surface area contributed by atoms with Crippen LogP contribution >= 0.6 is 11.8 Å². The van der Waals surface area contributed by atoms with Crippen molar-refractivity contribution in [3.8, 4) is 0 Å². The van der Waals surface area contributed by atoms with Crippen molar-refractivity contribution < 1.29 is 4.79 Å². The van der Waals surface area contributed by atoms with Crippen molar-refractivity contribution >= 4 is 23.4 Å². The highest BCUT2D eigenvalue weighted by molar-refractivity contribution is 8.00. The van der Waals surface area contributed by atoms with Gasteiger partial charge in [-0.2, -0.15) is 5.10 Å². The molecule has 0 saturated heterocycles. The number of anilines is 1. The molecule has 3 rings (SSSR count). The number of hydrogen-bond acceptors (Lipinski definition) is 5. The molecule has 124 valence electrons. The Bertz CT molecular complexity index is 801. The molecule has 0 bridgehead atoms. The summed E-state index contributed by atoms with van der Waals surface area (Å²) in [6, 6.07) is 0.224. The maximum absolute atomic E-state index is 12.4. The summed E-state index contributed by atoms with van der Waals surface area (Å²) in [5.41, 5.74) is 2.22. The number of amides is 1. The summed E-state index contributed by atoms with van der Waals surface area (Å²) in [5, 5.41) is 13.9. The Kier molecular flexibility index (Phi) is 4.05. The highest BCUT2D eigenvalue weighted by Gasteiger charge is 2.30. The van der Waals surface area contributed by atoms with Crippen molar-refractivity contribution in [2.75, 3.05) is 5.32 Å². The second-order valence-corrected chi connectivity index (χ2v) is 7.14. The second-order valence-electron chi connectivity index (χ2n) is 5.83. The zero-order valence-corrected chi connectivity index (χ0v) is 14.4. The minimum absolute atomic E-state index is 0.132. The molecular formula is C14H20N6O2S. The molecule has 9 heteroatoms. The molecule has 1 amide bonds. The molecule has 2 aromatic rings. The molecule has 1 atom stereocenters. The lowest BCUT2D eigenvalue weighted by molar-refractivity contribution is -0.115. The molecule has 1 fully saturated rings. The van der Waals surface area contributed by atoms with Gasteiger partial charge in [0.2, 0.25) is 5.91 Å². The zero-order valence-electron chi connectivity index (χ0n) is 13.6. The number of thioether (sulfide) groups is 1. The summed E-state index contributed by atoms with van der Waals surface area (Å²) in [4.78, 5) is 24.2. The fraction of sp³-hybridized carbons (Fsp3) is 0.571. The van der Waals surface area contributed by atoms with E-state index in [1.54, 1.807) is 16.2 Å². The van der Waals surface area contributed by atoms with Crippen molar-refractivity contribution in [3.05, 3.63) is 21.9 Å². The first-order valence-electron chi connectivity index (χ1n) is 7.53. The number of hydrogen-bond donors (Lipinski definition) is 2. The number of H-pyrrole nitrogens is 1. The summed E-state index contributed by atoms with van der Waals surface area (Å²) < 4.78 is 3.39. The summed E-state index contributed by atoms with van der Waals surface area (Å²) in [6.45, 7) is 5.57. The van der Waals surface area contributed by atoms with E-state index in [0.29, 0.717) is 5.16 Å². The first kappa shape index (κ1) is 15.9. The third-order valence-electron chi connectivity index (χ3n) is 3.99. The lowest BCUT2D eigenvalue weighted by atomic mass is 10.3. The first-order valence-corrected chi connectivity index (χ1v) is 8.41. The van der Waals surface area contributed by atoms with Crippen molar-refractivity contribution in [1.29, 1.82) is 0 Å². The number of aromatic amines is 1. The zero-order chi connectivity index (χ0) is 16.7. The standard InChI is InChI=1S/C14H20N6O2S/c1-7-11(8(2)19(4)18-7)15-12(21)9(3)23-14-17-16-13(22)20(14)10-5-6-10/h9-10H,5-6H2,1-4H3,(H,15,21)(H,16,22)/t9-/m1/s1. The van der Waals surface area contributed by atoms with Crippen LogP contribution in [0.15, 0.2) is 9.95 Å². The van der Waals surface area contributed by atoms with E-state index in [1.807, 2.05) is 20.9 Å². The van der Waals surface area contributed by atoms with Gasteiger partial charge in [0, 0.05) is 13.1 Å². The number of aryl methyl sites for hydroxylation is 2. The smallest absolute Gasteiger partial charge is 0.322 e. The van der Waals surface area contributed by atoms with E-state index < -0.39 is 0 Å². The predicted octanol–water partition coefficient (Wildman–Crippen LogP) is 1.38. The summed E-state index contributed by atoms with van der Waals surface area (Å²) in [5.74, 6) is -0.132. The van der Waals surface area contributed by atoms with Crippen LogP contribution in [-0.2, 0) is 11.8 Å². The predicted molar refractivity (Wildman–Crippen MR) is 87.7 cm³/mol. The molecule has 0 spiro atoms. The minimum atomic E-state index is -0.373. The maximum Gasteiger partial charge on any atom is 0.344 e. The van der Waals surface area contributed by atoms with Crippen LogP contribution in [0, 0.1) is 13.8 Å².